The largest absolute Gasteiger partial charge is 0.278 e. The quantitative estimate of drug-likeness (QED) is 0.828. The molecule has 2 atom stereocenters. The molecule has 0 bridgehead atoms. The second kappa shape index (κ2) is 6.16. The number of nitrogens with zero attached hydrogens (tertiary/aromatic N) is 4. The van der Waals surface area contributed by atoms with Gasteiger partial charge in [-0.2, -0.15) is 10.1 Å². The van der Waals surface area contributed by atoms with Crippen molar-refractivity contribution in [2.24, 2.45) is 5.92 Å². The first kappa shape index (κ1) is 16.1. The van der Waals surface area contributed by atoms with E-state index in [0.717, 1.165) is 31.0 Å². The molecule has 3 aliphatic rings. The molecule has 132 valence electrons. The fourth-order valence-electron chi connectivity index (χ4n) is 5.60. The van der Waals surface area contributed by atoms with E-state index in [1.807, 2.05) is 4.90 Å². The third kappa shape index (κ3) is 2.31. The molecule has 4 rings (SSSR count). The van der Waals surface area contributed by atoms with E-state index < -0.39 is 0 Å². The van der Waals surface area contributed by atoms with E-state index in [4.69, 9.17) is 10.1 Å². The minimum absolute atomic E-state index is 0.115. The van der Waals surface area contributed by atoms with Gasteiger partial charge in [0, 0.05) is 25.3 Å². The Hall–Kier alpha value is -1.39. The van der Waals surface area contributed by atoms with Gasteiger partial charge in [-0.05, 0) is 32.1 Å². The molecule has 2 heterocycles. The number of aromatic nitrogens is 3. The highest BCUT2D eigenvalue weighted by atomic mass is 16.2. The Morgan fingerprint density at radius 3 is 2.62 bits per heavy atom. The predicted octanol–water partition coefficient (Wildman–Crippen LogP) is 3.82. The summed E-state index contributed by atoms with van der Waals surface area (Å²) in [6.45, 7) is 3.86. The molecule has 0 aromatic carbocycles. The van der Waals surface area contributed by atoms with E-state index in [2.05, 4.69) is 11.6 Å². The number of fused-ring (bicyclic) bond motifs is 4. The minimum atomic E-state index is 0.115. The van der Waals surface area contributed by atoms with Crippen LogP contribution in [0.3, 0.4) is 0 Å². The van der Waals surface area contributed by atoms with E-state index in [-0.39, 0.29) is 11.4 Å². The van der Waals surface area contributed by atoms with Crippen LogP contribution in [0.4, 0.5) is 5.95 Å². The summed E-state index contributed by atoms with van der Waals surface area (Å²) in [5.41, 5.74) is 0.115. The zero-order chi connectivity index (χ0) is 16.7. The van der Waals surface area contributed by atoms with Crippen molar-refractivity contribution in [3.63, 3.8) is 0 Å². The van der Waals surface area contributed by atoms with Crippen LogP contribution in [-0.4, -0.2) is 26.7 Å². The number of rotatable bonds is 2. The number of aryl methyl sites for hydroxylation is 1. The van der Waals surface area contributed by atoms with Gasteiger partial charge in [-0.1, -0.05) is 39.0 Å². The van der Waals surface area contributed by atoms with Gasteiger partial charge in [0.15, 0.2) is 5.82 Å². The predicted molar refractivity (Wildman–Crippen MR) is 94.0 cm³/mol. The minimum Gasteiger partial charge on any atom is -0.278 e. The van der Waals surface area contributed by atoms with Crippen LogP contribution in [0.2, 0.25) is 0 Å². The molecule has 0 N–H and O–H groups in total. The normalized spacial score (nSPS) is 28.5. The van der Waals surface area contributed by atoms with Crippen molar-refractivity contribution in [3.05, 3.63) is 5.82 Å². The van der Waals surface area contributed by atoms with Crippen molar-refractivity contribution >= 4 is 11.9 Å². The lowest BCUT2D eigenvalue weighted by Gasteiger charge is -2.55. The van der Waals surface area contributed by atoms with Crippen molar-refractivity contribution in [2.75, 3.05) is 4.90 Å². The SMILES string of the molecule is CCCc1nc2n(n1)C1(CCCCC1)[C@@H]1CCCC[C@@H]1N2C(C)=O. The van der Waals surface area contributed by atoms with Crippen LogP contribution in [0.15, 0.2) is 0 Å². The number of amides is 1. The highest BCUT2D eigenvalue weighted by Gasteiger charge is 2.54. The first-order valence-corrected chi connectivity index (χ1v) is 9.93. The molecule has 2 saturated carbocycles. The highest BCUT2D eigenvalue weighted by Crippen LogP contribution is 2.52. The number of hydrogen-bond donors (Lipinski definition) is 0. The summed E-state index contributed by atoms with van der Waals surface area (Å²) >= 11 is 0. The van der Waals surface area contributed by atoms with Gasteiger partial charge in [0.05, 0.1) is 5.54 Å². The third-order valence-electron chi connectivity index (χ3n) is 6.55. The summed E-state index contributed by atoms with van der Waals surface area (Å²) in [7, 11) is 0. The number of hydrogen-bond acceptors (Lipinski definition) is 3. The Morgan fingerprint density at radius 2 is 1.92 bits per heavy atom. The van der Waals surface area contributed by atoms with E-state index in [9.17, 15) is 4.79 Å². The molecule has 1 amide bonds. The zero-order valence-corrected chi connectivity index (χ0v) is 15.1. The summed E-state index contributed by atoms with van der Waals surface area (Å²) < 4.78 is 2.21. The number of carbonyl (C=O) groups excluding carboxylic acids is 1. The van der Waals surface area contributed by atoms with Crippen LogP contribution in [0, 0.1) is 5.92 Å². The van der Waals surface area contributed by atoms with E-state index in [0.29, 0.717) is 12.0 Å². The molecule has 2 fully saturated rings. The molecule has 1 spiro atoms. The first-order chi connectivity index (χ1) is 11.7. The average molecular weight is 330 g/mol. The third-order valence-corrected chi connectivity index (χ3v) is 6.55. The average Bonchev–Trinajstić information content (AvgIpc) is 3.00. The Bertz CT molecular complexity index is 617. The van der Waals surface area contributed by atoms with Crippen molar-refractivity contribution in [2.45, 2.75) is 96.1 Å². The molecule has 24 heavy (non-hydrogen) atoms. The fourth-order valence-corrected chi connectivity index (χ4v) is 5.60. The van der Waals surface area contributed by atoms with Crippen LogP contribution >= 0.6 is 0 Å². The van der Waals surface area contributed by atoms with Crippen LogP contribution in [0.5, 0.6) is 0 Å². The summed E-state index contributed by atoms with van der Waals surface area (Å²) in [5.74, 6) is 2.45. The smallest absolute Gasteiger partial charge is 0.231 e. The summed E-state index contributed by atoms with van der Waals surface area (Å²) in [6.07, 6.45) is 13.2. The maximum atomic E-state index is 12.5. The van der Waals surface area contributed by atoms with Gasteiger partial charge in [-0.15, -0.1) is 0 Å². The Labute approximate surface area is 144 Å². The molecule has 0 saturated heterocycles. The molecule has 5 nitrogen and oxygen atoms in total. The molecule has 1 aromatic heterocycles. The molecule has 0 radical (unpaired) electrons. The summed E-state index contributed by atoms with van der Waals surface area (Å²) in [4.78, 5) is 19.3. The second-order valence-electron chi connectivity index (χ2n) is 8.00. The van der Waals surface area contributed by atoms with Crippen molar-refractivity contribution < 1.29 is 4.79 Å². The fraction of sp³-hybridized carbons (Fsp3) is 0.842. The zero-order valence-electron chi connectivity index (χ0n) is 15.1. The van der Waals surface area contributed by atoms with Gasteiger partial charge in [0.2, 0.25) is 11.9 Å². The van der Waals surface area contributed by atoms with Gasteiger partial charge in [0.1, 0.15) is 0 Å². The van der Waals surface area contributed by atoms with E-state index in [1.54, 1.807) is 6.92 Å². The van der Waals surface area contributed by atoms with Crippen molar-refractivity contribution in [3.8, 4) is 0 Å². The molecule has 1 aromatic rings. The van der Waals surface area contributed by atoms with Crippen LogP contribution in [0.25, 0.3) is 0 Å². The Morgan fingerprint density at radius 1 is 1.17 bits per heavy atom. The van der Waals surface area contributed by atoms with E-state index in [1.165, 1.54) is 51.4 Å². The van der Waals surface area contributed by atoms with Crippen molar-refractivity contribution in [1.29, 1.82) is 0 Å². The monoisotopic (exact) mass is 330 g/mol. The lowest BCUT2D eigenvalue weighted by atomic mass is 9.64. The molecule has 2 aliphatic carbocycles. The Balaban J connectivity index is 1.87. The molecular weight excluding hydrogens is 300 g/mol. The summed E-state index contributed by atoms with van der Waals surface area (Å²) in [5, 5.41) is 4.95. The maximum absolute atomic E-state index is 12.5. The Kier molecular flexibility index (Phi) is 4.13. The maximum Gasteiger partial charge on any atom is 0.231 e. The van der Waals surface area contributed by atoms with Gasteiger partial charge in [0.25, 0.3) is 0 Å². The van der Waals surface area contributed by atoms with Crippen LogP contribution < -0.4 is 4.90 Å². The molecule has 5 heteroatoms. The van der Waals surface area contributed by atoms with Crippen LogP contribution in [-0.2, 0) is 16.8 Å². The van der Waals surface area contributed by atoms with E-state index >= 15 is 0 Å². The van der Waals surface area contributed by atoms with Crippen molar-refractivity contribution in [1.82, 2.24) is 14.8 Å². The lowest BCUT2D eigenvalue weighted by molar-refractivity contribution is -0.118. The number of anilines is 1. The highest BCUT2D eigenvalue weighted by molar-refractivity contribution is 5.90. The number of carbonyl (C=O) groups is 1. The van der Waals surface area contributed by atoms with Gasteiger partial charge < -0.3 is 0 Å². The van der Waals surface area contributed by atoms with Crippen LogP contribution in [0.1, 0.15) is 83.9 Å². The second-order valence-corrected chi connectivity index (χ2v) is 8.00. The first-order valence-electron chi connectivity index (χ1n) is 9.93. The molecular formula is C19H30N4O. The van der Waals surface area contributed by atoms with Gasteiger partial charge in [-0.3, -0.25) is 9.69 Å². The lowest BCUT2D eigenvalue weighted by Crippen LogP contribution is -2.61. The standard InChI is InChI=1S/C19H30N4O/c1-3-9-17-20-18-22(14(2)24)16-11-6-5-10-15(16)19(23(18)21-17)12-7-4-8-13-19/h15-16H,3-13H2,1-2H3/t15-,16+/m1/s1. The van der Waals surface area contributed by atoms with Gasteiger partial charge in [-0.25, -0.2) is 4.68 Å². The summed E-state index contributed by atoms with van der Waals surface area (Å²) in [6, 6.07) is 0.334. The topological polar surface area (TPSA) is 51.0 Å². The molecule has 1 aliphatic heterocycles. The van der Waals surface area contributed by atoms with Gasteiger partial charge >= 0.3 is 0 Å². The molecule has 0 unspecified atom stereocenters.